The molecule has 0 aromatic heterocycles. The van der Waals surface area contributed by atoms with Crippen LogP contribution in [-0.4, -0.2) is 11.5 Å². The molecule has 0 radical (unpaired) electrons. The van der Waals surface area contributed by atoms with E-state index < -0.39 is 0 Å². The first-order valence-electron chi connectivity index (χ1n) is 3.79. The lowest BCUT2D eigenvalue weighted by Gasteiger charge is -2.02. The van der Waals surface area contributed by atoms with Crippen LogP contribution in [0.25, 0.3) is 0 Å². The average molecular weight is 165 g/mol. The summed E-state index contributed by atoms with van der Waals surface area (Å²) in [6.07, 6.45) is 1.43. The third-order valence-corrected chi connectivity index (χ3v) is 1.61. The number of amides is 1. The second-order valence-corrected chi connectivity index (χ2v) is 2.50. The largest absolute Gasteiger partial charge is 0.508 e. The topological polar surface area (TPSA) is 49.3 Å². The van der Waals surface area contributed by atoms with Crippen LogP contribution in [0.1, 0.15) is 12.5 Å². The first-order valence-corrected chi connectivity index (χ1v) is 3.79. The van der Waals surface area contributed by atoms with Crippen LogP contribution < -0.4 is 5.32 Å². The van der Waals surface area contributed by atoms with Gasteiger partial charge in [0.05, 0.1) is 0 Å². The van der Waals surface area contributed by atoms with Crippen molar-refractivity contribution in [2.75, 3.05) is 5.32 Å². The standard InChI is InChI=1S/C9H11NO2/c1-2-7-3-8(10-6-11)5-9(12)4-7/h3-6,12H,2H2,1H3,(H,10,11). The molecule has 0 fully saturated rings. The molecule has 0 saturated carbocycles. The molecule has 3 heteroatoms. The lowest BCUT2D eigenvalue weighted by Crippen LogP contribution is -1.94. The maximum atomic E-state index is 10.1. The molecule has 0 saturated heterocycles. The van der Waals surface area contributed by atoms with Crippen LogP contribution in [-0.2, 0) is 11.2 Å². The van der Waals surface area contributed by atoms with Gasteiger partial charge in [0, 0.05) is 11.8 Å². The molecule has 2 N–H and O–H groups in total. The number of rotatable bonds is 3. The Morgan fingerprint density at radius 1 is 1.50 bits per heavy atom. The van der Waals surface area contributed by atoms with Gasteiger partial charge in [0.1, 0.15) is 5.75 Å². The van der Waals surface area contributed by atoms with Gasteiger partial charge < -0.3 is 10.4 Å². The van der Waals surface area contributed by atoms with Crippen LogP contribution in [0, 0.1) is 0 Å². The van der Waals surface area contributed by atoms with Crippen LogP contribution >= 0.6 is 0 Å². The van der Waals surface area contributed by atoms with Crippen molar-refractivity contribution >= 4 is 12.1 Å². The first kappa shape index (κ1) is 8.59. The van der Waals surface area contributed by atoms with Crippen molar-refractivity contribution in [3.8, 4) is 5.75 Å². The molecule has 0 aliphatic heterocycles. The zero-order chi connectivity index (χ0) is 8.97. The number of carbonyl (C=O) groups is 1. The predicted molar refractivity (Wildman–Crippen MR) is 47.2 cm³/mol. The lowest BCUT2D eigenvalue weighted by molar-refractivity contribution is -0.105. The van der Waals surface area contributed by atoms with E-state index >= 15 is 0 Å². The Hall–Kier alpha value is -1.51. The molecule has 1 amide bonds. The summed E-state index contributed by atoms with van der Waals surface area (Å²) in [5, 5.41) is 11.7. The predicted octanol–water partition coefficient (Wildman–Crippen LogP) is 1.52. The third kappa shape index (κ3) is 1.99. The van der Waals surface area contributed by atoms with Crippen LogP contribution in [0.5, 0.6) is 5.75 Å². The molecule has 0 heterocycles. The highest BCUT2D eigenvalue weighted by Gasteiger charge is 1.96. The van der Waals surface area contributed by atoms with Crippen LogP contribution in [0.15, 0.2) is 18.2 Å². The summed E-state index contributed by atoms with van der Waals surface area (Å²) in [6, 6.07) is 5.01. The van der Waals surface area contributed by atoms with E-state index in [0.717, 1.165) is 12.0 Å². The minimum Gasteiger partial charge on any atom is -0.508 e. The summed E-state index contributed by atoms with van der Waals surface area (Å²) < 4.78 is 0. The Bertz CT molecular complexity index is 284. The van der Waals surface area contributed by atoms with E-state index in [1.165, 1.54) is 6.07 Å². The van der Waals surface area contributed by atoms with E-state index in [1.807, 2.05) is 13.0 Å². The fourth-order valence-corrected chi connectivity index (χ4v) is 1.03. The van der Waals surface area contributed by atoms with Crippen molar-refractivity contribution in [2.45, 2.75) is 13.3 Å². The molecular weight excluding hydrogens is 154 g/mol. The van der Waals surface area contributed by atoms with Crippen LogP contribution in [0.3, 0.4) is 0 Å². The van der Waals surface area contributed by atoms with Crippen molar-refractivity contribution in [3.05, 3.63) is 23.8 Å². The summed E-state index contributed by atoms with van der Waals surface area (Å²) in [7, 11) is 0. The SMILES string of the molecule is CCc1cc(O)cc(NC=O)c1. The molecule has 1 rings (SSSR count). The number of nitrogens with one attached hydrogen (secondary N) is 1. The van der Waals surface area contributed by atoms with Crippen molar-refractivity contribution < 1.29 is 9.90 Å². The number of hydrogen-bond donors (Lipinski definition) is 2. The summed E-state index contributed by atoms with van der Waals surface area (Å²) in [6.45, 7) is 1.99. The molecule has 0 aliphatic rings. The fourth-order valence-electron chi connectivity index (χ4n) is 1.03. The quantitative estimate of drug-likeness (QED) is 0.667. The van der Waals surface area contributed by atoms with Crippen LogP contribution in [0.2, 0.25) is 0 Å². The monoisotopic (exact) mass is 165 g/mol. The number of carbonyl (C=O) groups excluding carboxylic acids is 1. The summed E-state index contributed by atoms with van der Waals surface area (Å²) in [4.78, 5) is 10.1. The van der Waals surface area contributed by atoms with Crippen molar-refractivity contribution in [3.63, 3.8) is 0 Å². The highest BCUT2D eigenvalue weighted by Crippen LogP contribution is 2.19. The Kier molecular flexibility index (Phi) is 2.69. The number of benzene rings is 1. The van der Waals surface area contributed by atoms with Gasteiger partial charge in [-0.1, -0.05) is 6.92 Å². The van der Waals surface area contributed by atoms with E-state index in [-0.39, 0.29) is 5.75 Å². The van der Waals surface area contributed by atoms with Gasteiger partial charge in [-0.25, -0.2) is 0 Å². The molecule has 12 heavy (non-hydrogen) atoms. The van der Waals surface area contributed by atoms with E-state index in [2.05, 4.69) is 5.32 Å². The minimum absolute atomic E-state index is 0.179. The van der Waals surface area contributed by atoms with Crippen molar-refractivity contribution in [1.29, 1.82) is 0 Å². The Morgan fingerprint density at radius 2 is 2.25 bits per heavy atom. The Labute approximate surface area is 71.0 Å². The van der Waals surface area contributed by atoms with Gasteiger partial charge >= 0.3 is 0 Å². The van der Waals surface area contributed by atoms with Crippen molar-refractivity contribution in [2.24, 2.45) is 0 Å². The third-order valence-electron chi connectivity index (χ3n) is 1.61. The van der Waals surface area contributed by atoms with Gasteiger partial charge in [-0.2, -0.15) is 0 Å². The smallest absolute Gasteiger partial charge is 0.211 e. The lowest BCUT2D eigenvalue weighted by atomic mass is 10.1. The summed E-state index contributed by atoms with van der Waals surface area (Å²) in [5.74, 6) is 0.179. The molecule has 0 spiro atoms. The number of phenolic OH excluding ortho intramolecular Hbond substituents is 1. The first-order chi connectivity index (χ1) is 5.76. The maximum Gasteiger partial charge on any atom is 0.211 e. The molecule has 3 nitrogen and oxygen atoms in total. The number of hydrogen-bond acceptors (Lipinski definition) is 2. The van der Waals surface area contributed by atoms with Gasteiger partial charge in [-0.3, -0.25) is 4.79 Å². The molecular formula is C9H11NO2. The van der Waals surface area contributed by atoms with Gasteiger partial charge in [0.2, 0.25) is 6.41 Å². The minimum atomic E-state index is 0.179. The fraction of sp³-hybridized carbons (Fsp3) is 0.222. The number of aromatic hydroxyl groups is 1. The maximum absolute atomic E-state index is 10.1. The zero-order valence-electron chi connectivity index (χ0n) is 6.87. The zero-order valence-corrected chi connectivity index (χ0v) is 6.87. The molecule has 1 aromatic carbocycles. The molecule has 0 unspecified atom stereocenters. The van der Waals surface area contributed by atoms with Crippen LogP contribution in [0.4, 0.5) is 5.69 Å². The Morgan fingerprint density at radius 3 is 2.83 bits per heavy atom. The van der Waals surface area contributed by atoms with E-state index in [1.54, 1.807) is 6.07 Å². The molecule has 0 bridgehead atoms. The average Bonchev–Trinajstić information content (AvgIpc) is 2.04. The molecule has 0 aliphatic carbocycles. The number of phenols is 1. The normalized spacial score (nSPS) is 9.42. The van der Waals surface area contributed by atoms with Gasteiger partial charge in [0.25, 0.3) is 0 Å². The van der Waals surface area contributed by atoms with Gasteiger partial charge in [0.15, 0.2) is 0 Å². The van der Waals surface area contributed by atoms with E-state index in [4.69, 9.17) is 0 Å². The summed E-state index contributed by atoms with van der Waals surface area (Å²) in [5.41, 5.74) is 1.63. The van der Waals surface area contributed by atoms with E-state index in [9.17, 15) is 9.90 Å². The molecule has 0 atom stereocenters. The van der Waals surface area contributed by atoms with Gasteiger partial charge in [-0.05, 0) is 24.1 Å². The molecule has 64 valence electrons. The van der Waals surface area contributed by atoms with Crippen molar-refractivity contribution in [1.82, 2.24) is 0 Å². The number of aryl methyl sites for hydroxylation is 1. The van der Waals surface area contributed by atoms with Gasteiger partial charge in [-0.15, -0.1) is 0 Å². The highest BCUT2D eigenvalue weighted by molar-refractivity contribution is 5.72. The highest BCUT2D eigenvalue weighted by atomic mass is 16.3. The Balaban J connectivity index is 2.97. The molecule has 1 aromatic rings. The summed E-state index contributed by atoms with van der Waals surface area (Å²) >= 11 is 0. The second kappa shape index (κ2) is 3.76. The second-order valence-electron chi connectivity index (χ2n) is 2.50. The number of anilines is 1. The van der Waals surface area contributed by atoms with E-state index in [0.29, 0.717) is 12.1 Å².